The molecule has 3 heterocycles. The molecule has 1 amide bonds. The van der Waals surface area contributed by atoms with Gasteiger partial charge in [0, 0.05) is 44.2 Å². The zero-order chi connectivity index (χ0) is 17.2. The first-order valence-electron chi connectivity index (χ1n) is 9.16. The second-order valence-corrected chi connectivity index (χ2v) is 6.95. The standard InChI is InChI=1S/C19H24N4O2/c1-20-17-11-13(8-9-21-17)14-5-4-10-23(12-14)19(24)18-15-6-2-3-7-16(15)25-22-18/h8-9,11,14H,2-7,10,12H2,1H3,(H,20,21). The highest BCUT2D eigenvalue weighted by molar-refractivity contribution is 5.94. The lowest BCUT2D eigenvalue weighted by Gasteiger charge is -2.33. The largest absolute Gasteiger partial charge is 0.373 e. The highest BCUT2D eigenvalue weighted by atomic mass is 16.5. The lowest BCUT2D eigenvalue weighted by atomic mass is 9.90. The lowest BCUT2D eigenvalue weighted by Crippen LogP contribution is -2.39. The number of nitrogens with one attached hydrogen (secondary N) is 1. The Kier molecular flexibility index (Phi) is 4.42. The van der Waals surface area contributed by atoms with Crippen LogP contribution < -0.4 is 5.32 Å². The van der Waals surface area contributed by atoms with Gasteiger partial charge >= 0.3 is 0 Å². The number of likely N-dealkylation sites (tertiary alicyclic amines) is 1. The number of carbonyl (C=O) groups is 1. The number of hydrogen-bond acceptors (Lipinski definition) is 5. The van der Waals surface area contributed by atoms with Crippen molar-refractivity contribution in [3.8, 4) is 0 Å². The van der Waals surface area contributed by atoms with E-state index in [0.29, 0.717) is 11.6 Å². The number of nitrogens with zero attached hydrogens (tertiary/aromatic N) is 3. The van der Waals surface area contributed by atoms with Gasteiger partial charge in [-0.05, 0) is 49.8 Å². The summed E-state index contributed by atoms with van der Waals surface area (Å²) in [7, 11) is 1.87. The van der Waals surface area contributed by atoms with Gasteiger partial charge < -0.3 is 14.7 Å². The Morgan fingerprint density at radius 3 is 3.08 bits per heavy atom. The zero-order valence-corrected chi connectivity index (χ0v) is 14.6. The van der Waals surface area contributed by atoms with Gasteiger partial charge in [-0.15, -0.1) is 0 Å². The molecule has 0 bridgehead atoms. The number of aromatic nitrogens is 2. The summed E-state index contributed by atoms with van der Waals surface area (Å²) in [6.07, 6.45) is 7.98. The fraction of sp³-hybridized carbons (Fsp3) is 0.526. The predicted octanol–water partition coefficient (Wildman–Crippen LogP) is 3.01. The van der Waals surface area contributed by atoms with Crippen molar-refractivity contribution in [2.75, 3.05) is 25.5 Å². The third-order valence-corrected chi connectivity index (χ3v) is 5.37. The Morgan fingerprint density at radius 2 is 2.20 bits per heavy atom. The van der Waals surface area contributed by atoms with Crippen molar-refractivity contribution in [2.24, 2.45) is 0 Å². The fourth-order valence-electron chi connectivity index (χ4n) is 3.97. The average molecular weight is 340 g/mol. The Morgan fingerprint density at radius 1 is 1.32 bits per heavy atom. The molecule has 1 aliphatic heterocycles. The van der Waals surface area contributed by atoms with Crippen LogP contribution in [-0.4, -0.2) is 41.1 Å². The molecule has 1 unspecified atom stereocenters. The van der Waals surface area contributed by atoms with Crippen LogP contribution in [0, 0.1) is 0 Å². The van der Waals surface area contributed by atoms with E-state index >= 15 is 0 Å². The van der Waals surface area contributed by atoms with Crippen molar-refractivity contribution in [1.82, 2.24) is 15.0 Å². The molecule has 6 heteroatoms. The van der Waals surface area contributed by atoms with Gasteiger partial charge in [0.05, 0.1) is 0 Å². The molecule has 25 heavy (non-hydrogen) atoms. The van der Waals surface area contributed by atoms with Crippen LogP contribution >= 0.6 is 0 Å². The van der Waals surface area contributed by atoms with E-state index in [9.17, 15) is 4.79 Å². The van der Waals surface area contributed by atoms with E-state index in [0.717, 1.165) is 68.8 Å². The van der Waals surface area contributed by atoms with E-state index in [1.807, 2.05) is 18.1 Å². The minimum Gasteiger partial charge on any atom is -0.373 e. The molecule has 2 aromatic heterocycles. The van der Waals surface area contributed by atoms with E-state index in [4.69, 9.17) is 4.52 Å². The third-order valence-electron chi connectivity index (χ3n) is 5.37. The maximum Gasteiger partial charge on any atom is 0.276 e. The molecule has 6 nitrogen and oxygen atoms in total. The van der Waals surface area contributed by atoms with Crippen molar-refractivity contribution >= 4 is 11.7 Å². The van der Waals surface area contributed by atoms with Crippen molar-refractivity contribution in [3.05, 3.63) is 40.9 Å². The second kappa shape index (κ2) is 6.86. The van der Waals surface area contributed by atoms with Crippen molar-refractivity contribution in [2.45, 2.75) is 44.4 Å². The van der Waals surface area contributed by atoms with Crippen LogP contribution in [0.25, 0.3) is 0 Å². The lowest BCUT2D eigenvalue weighted by molar-refractivity contribution is 0.0695. The molecule has 2 aromatic rings. The monoisotopic (exact) mass is 340 g/mol. The summed E-state index contributed by atoms with van der Waals surface area (Å²) in [5, 5.41) is 7.19. The fourth-order valence-corrected chi connectivity index (χ4v) is 3.97. The number of aryl methyl sites for hydroxylation is 1. The Bertz CT molecular complexity index is 771. The molecule has 0 aromatic carbocycles. The van der Waals surface area contributed by atoms with Crippen LogP contribution in [0.3, 0.4) is 0 Å². The minimum atomic E-state index is 0.0273. The minimum absolute atomic E-state index is 0.0273. The van der Waals surface area contributed by atoms with Gasteiger partial charge in [-0.2, -0.15) is 0 Å². The summed E-state index contributed by atoms with van der Waals surface area (Å²) in [6.45, 7) is 1.52. The molecule has 4 rings (SSSR count). The molecular formula is C19H24N4O2. The van der Waals surface area contributed by atoms with Gasteiger partial charge in [-0.25, -0.2) is 4.98 Å². The van der Waals surface area contributed by atoms with Crippen LogP contribution in [-0.2, 0) is 12.8 Å². The van der Waals surface area contributed by atoms with Crippen LogP contribution in [0.1, 0.15) is 59.0 Å². The molecule has 1 N–H and O–H groups in total. The quantitative estimate of drug-likeness (QED) is 0.930. The summed E-state index contributed by atoms with van der Waals surface area (Å²) < 4.78 is 5.43. The molecule has 1 aliphatic carbocycles. The number of amides is 1. The Hall–Kier alpha value is -2.37. The third kappa shape index (κ3) is 3.13. The van der Waals surface area contributed by atoms with E-state index in [-0.39, 0.29) is 5.91 Å². The average Bonchev–Trinajstić information content (AvgIpc) is 3.11. The number of fused-ring (bicyclic) bond motifs is 1. The maximum atomic E-state index is 13.0. The molecule has 0 spiro atoms. The van der Waals surface area contributed by atoms with Gasteiger partial charge in [-0.3, -0.25) is 4.79 Å². The van der Waals surface area contributed by atoms with E-state index in [1.165, 1.54) is 5.56 Å². The van der Waals surface area contributed by atoms with E-state index in [2.05, 4.69) is 27.6 Å². The zero-order valence-electron chi connectivity index (χ0n) is 14.6. The first-order chi connectivity index (χ1) is 12.3. The highest BCUT2D eigenvalue weighted by Gasteiger charge is 2.31. The van der Waals surface area contributed by atoms with Gasteiger partial charge in [-0.1, -0.05) is 5.16 Å². The van der Waals surface area contributed by atoms with Crippen LogP contribution in [0.5, 0.6) is 0 Å². The SMILES string of the molecule is CNc1cc(C2CCCN(C(=O)c3noc4c3CCCC4)C2)ccn1. The summed E-state index contributed by atoms with van der Waals surface area (Å²) in [6, 6.07) is 4.13. The topological polar surface area (TPSA) is 71.3 Å². The van der Waals surface area contributed by atoms with E-state index < -0.39 is 0 Å². The highest BCUT2D eigenvalue weighted by Crippen LogP contribution is 2.30. The van der Waals surface area contributed by atoms with Crippen LogP contribution in [0.2, 0.25) is 0 Å². The summed E-state index contributed by atoms with van der Waals surface area (Å²) in [5.41, 5.74) is 2.82. The van der Waals surface area contributed by atoms with Crippen LogP contribution in [0.15, 0.2) is 22.9 Å². The Balaban J connectivity index is 1.52. The van der Waals surface area contributed by atoms with E-state index in [1.54, 1.807) is 0 Å². The van der Waals surface area contributed by atoms with Gasteiger partial charge in [0.25, 0.3) is 5.91 Å². The maximum absolute atomic E-state index is 13.0. The van der Waals surface area contributed by atoms with Gasteiger partial charge in [0.15, 0.2) is 5.69 Å². The van der Waals surface area contributed by atoms with Crippen molar-refractivity contribution in [3.63, 3.8) is 0 Å². The van der Waals surface area contributed by atoms with Gasteiger partial charge in [0.1, 0.15) is 11.6 Å². The number of hydrogen-bond donors (Lipinski definition) is 1. The molecule has 2 aliphatic rings. The molecule has 0 radical (unpaired) electrons. The second-order valence-electron chi connectivity index (χ2n) is 6.95. The first kappa shape index (κ1) is 16.1. The molecule has 1 atom stereocenters. The number of carbonyl (C=O) groups excluding carboxylic acids is 1. The molecule has 1 fully saturated rings. The summed E-state index contributed by atoms with van der Waals surface area (Å²) in [4.78, 5) is 19.2. The molecule has 0 saturated carbocycles. The molecule has 132 valence electrons. The summed E-state index contributed by atoms with van der Waals surface area (Å²) in [5.74, 6) is 2.15. The normalized spacial score (nSPS) is 20.2. The molecule has 1 saturated heterocycles. The first-order valence-corrected chi connectivity index (χ1v) is 9.16. The summed E-state index contributed by atoms with van der Waals surface area (Å²) >= 11 is 0. The van der Waals surface area contributed by atoms with Crippen molar-refractivity contribution in [1.29, 1.82) is 0 Å². The number of anilines is 1. The number of pyridine rings is 1. The molecular weight excluding hydrogens is 316 g/mol. The predicted molar refractivity (Wildman–Crippen MR) is 94.8 cm³/mol. The smallest absolute Gasteiger partial charge is 0.276 e. The van der Waals surface area contributed by atoms with Gasteiger partial charge in [0.2, 0.25) is 0 Å². The number of piperidine rings is 1. The van der Waals surface area contributed by atoms with Crippen molar-refractivity contribution < 1.29 is 9.32 Å². The number of rotatable bonds is 3. The Labute approximate surface area is 147 Å². The van der Waals surface area contributed by atoms with Crippen LogP contribution in [0.4, 0.5) is 5.82 Å².